The minimum atomic E-state index is -0.573. The van der Waals surface area contributed by atoms with Crippen LogP contribution in [0.5, 0.6) is 0 Å². The Morgan fingerprint density at radius 3 is 2.40 bits per heavy atom. The summed E-state index contributed by atoms with van der Waals surface area (Å²) in [4.78, 5) is 14.1. The zero-order valence-corrected chi connectivity index (χ0v) is 16.3. The largest absolute Gasteiger partial charge is 0.444 e. The van der Waals surface area contributed by atoms with Crippen LogP contribution >= 0.6 is 0 Å². The van der Waals surface area contributed by atoms with Crippen LogP contribution in [0, 0.1) is 0 Å². The van der Waals surface area contributed by atoms with E-state index in [-0.39, 0.29) is 0 Å². The molecule has 0 aromatic heterocycles. The second-order valence-electron chi connectivity index (χ2n) is 7.23. The molecule has 1 amide bonds. The molecule has 25 heavy (non-hydrogen) atoms. The first kappa shape index (κ1) is 20.6. The molecule has 0 spiro atoms. The van der Waals surface area contributed by atoms with E-state index in [1.54, 1.807) is 6.07 Å². The smallest absolute Gasteiger partial charge is 0.412 e. The number of nitrogens with two attached hydrogens (primary N) is 1. The molecule has 0 aliphatic heterocycles. The Morgan fingerprint density at radius 1 is 1.32 bits per heavy atom. The zero-order valence-electron chi connectivity index (χ0n) is 16.3. The second-order valence-corrected chi connectivity index (χ2v) is 7.23. The Hall–Kier alpha value is -2.43. The van der Waals surface area contributed by atoms with Crippen molar-refractivity contribution in [2.75, 3.05) is 23.0 Å². The molecule has 5 nitrogen and oxygen atoms in total. The van der Waals surface area contributed by atoms with Gasteiger partial charge in [0, 0.05) is 18.3 Å². The van der Waals surface area contributed by atoms with Gasteiger partial charge in [0.15, 0.2) is 0 Å². The summed E-state index contributed by atoms with van der Waals surface area (Å²) in [5.74, 6) is 0. The number of anilines is 3. The van der Waals surface area contributed by atoms with Gasteiger partial charge in [0.05, 0.1) is 17.1 Å². The molecular weight excluding hydrogens is 314 g/mol. The van der Waals surface area contributed by atoms with E-state index in [0.29, 0.717) is 11.4 Å². The average molecular weight is 345 g/mol. The highest BCUT2D eigenvalue weighted by atomic mass is 16.6. The summed E-state index contributed by atoms with van der Waals surface area (Å²) < 4.78 is 5.35. The summed E-state index contributed by atoms with van der Waals surface area (Å²) in [5, 5.41) is 2.80. The fourth-order valence-electron chi connectivity index (χ4n) is 2.35. The SMILES string of the molecule is C=C(CCC)c1cc(N(C)C(=C)C)c(N)cc1NC(=O)OC(C)(C)C. The van der Waals surface area contributed by atoms with Crippen LogP contribution in [-0.4, -0.2) is 18.7 Å². The summed E-state index contributed by atoms with van der Waals surface area (Å²) in [5.41, 5.74) is 10.3. The third-order valence-electron chi connectivity index (χ3n) is 3.67. The van der Waals surface area contributed by atoms with Crippen molar-refractivity contribution < 1.29 is 9.53 Å². The van der Waals surface area contributed by atoms with E-state index in [1.165, 1.54) is 0 Å². The summed E-state index contributed by atoms with van der Waals surface area (Å²) in [6.45, 7) is 17.6. The number of hydrogen-bond donors (Lipinski definition) is 2. The first-order chi connectivity index (χ1) is 11.5. The molecule has 0 atom stereocenters. The maximum absolute atomic E-state index is 12.2. The molecule has 5 heteroatoms. The summed E-state index contributed by atoms with van der Waals surface area (Å²) in [7, 11) is 1.90. The van der Waals surface area contributed by atoms with Crippen LogP contribution in [0.25, 0.3) is 5.57 Å². The Balaban J connectivity index is 3.31. The number of ether oxygens (including phenoxy) is 1. The molecule has 0 bridgehead atoms. The lowest BCUT2D eigenvalue weighted by Gasteiger charge is -2.25. The van der Waals surface area contributed by atoms with Gasteiger partial charge in [-0.15, -0.1) is 0 Å². The number of nitrogen functional groups attached to an aromatic ring is 1. The van der Waals surface area contributed by atoms with Gasteiger partial charge in [-0.2, -0.15) is 0 Å². The number of nitrogens with one attached hydrogen (secondary N) is 1. The predicted octanol–water partition coefficient (Wildman–Crippen LogP) is 5.40. The number of rotatable bonds is 6. The molecule has 1 aromatic rings. The molecule has 1 rings (SSSR count). The average Bonchev–Trinajstić information content (AvgIpc) is 2.44. The van der Waals surface area contributed by atoms with Gasteiger partial charge < -0.3 is 15.4 Å². The lowest BCUT2D eigenvalue weighted by Crippen LogP contribution is -2.27. The number of carbonyl (C=O) groups excluding carboxylic acids is 1. The molecule has 0 heterocycles. The second kappa shape index (κ2) is 8.10. The molecule has 3 N–H and O–H groups in total. The maximum Gasteiger partial charge on any atom is 0.412 e. The minimum Gasteiger partial charge on any atom is -0.444 e. The van der Waals surface area contributed by atoms with Gasteiger partial charge in [-0.05, 0) is 51.8 Å². The zero-order chi connectivity index (χ0) is 19.4. The van der Waals surface area contributed by atoms with Gasteiger partial charge in [-0.1, -0.05) is 26.5 Å². The number of carbonyl (C=O) groups is 1. The van der Waals surface area contributed by atoms with Gasteiger partial charge in [0.25, 0.3) is 0 Å². The highest BCUT2D eigenvalue weighted by Crippen LogP contribution is 2.36. The van der Waals surface area contributed by atoms with Crippen LogP contribution in [0.1, 0.15) is 53.0 Å². The number of benzene rings is 1. The fourth-order valence-corrected chi connectivity index (χ4v) is 2.35. The Morgan fingerprint density at radius 2 is 1.92 bits per heavy atom. The lowest BCUT2D eigenvalue weighted by atomic mass is 9.99. The first-order valence-electron chi connectivity index (χ1n) is 8.47. The van der Waals surface area contributed by atoms with E-state index in [2.05, 4.69) is 25.4 Å². The minimum absolute atomic E-state index is 0.515. The summed E-state index contributed by atoms with van der Waals surface area (Å²) >= 11 is 0. The van der Waals surface area contributed by atoms with Gasteiger partial charge in [-0.3, -0.25) is 5.32 Å². The van der Waals surface area contributed by atoms with E-state index in [1.807, 2.05) is 45.7 Å². The molecule has 0 fully saturated rings. The van der Waals surface area contributed by atoms with E-state index in [9.17, 15) is 4.79 Å². The van der Waals surface area contributed by atoms with E-state index < -0.39 is 11.7 Å². The molecule has 0 radical (unpaired) electrons. The molecule has 0 unspecified atom stereocenters. The van der Waals surface area contributed by atoms with Crippen molar-refractivity contribution in [1.82, 2.24) is 0 Å². The number of nitrogens with zero attached hydrogens (tertiary/aromatic N) is 1. The molecule has 0 aliphatic rings. The van der Waals surface area contributed by atoms with Crippen molar-refractivity contribution in [3.63, 3.8) is 0 Å². The molecule has 0 aliphatic carbocycles. The first-order valence-corrected chi connectivity index (χ1v) is 8.47. The predicted molar refractivity (Wildman–Crippen MR) is 108 cm³/mol. The van der Waals surface area contributed by atoms with Gasteiger partial charge in [-0.25, -0.2) is 4.79 Å². The van der Waals surface area contributed by atoms with E-state index in [0.717, 1.165) is 35.4 Å². The van der Waals surface area contributed by atoms with E-state index >= 15 is 0 Å². The number of hydrogen-bond acceptors (Lipinski definition) is 4. The van der Waals surface area contributed by atoms with Crippen molar-refractivity contribution in [1.29, 1.82) is 0 Å². The molecule has 0 saturated heterocycles. The van der Waals surface area contributed by atoms with Crippen LogP contribution in [0.15, 0.2) is 31.0 Å². The molecule has 1 aromatic carbocycles. The Labute approximate surface area is 151 Å². The highest BCUT2D eigenvalue weighted by Gasteiger charge is 2.19. The molecule has 0 saturated carbocycles. The van der Waals surface area contributed by atoms with Crippen molar-refractivity contribution in [3.8, 4) is 0 Å². The van der Waals surface area contributed by atoms with Crippen LogP contribution < -0.4 is 16.0 Å². The summed E-state index contributed by atoms with van der Waals surface area (Å²) in [6, 6.07) is 3.68. The highest BCUT2D eigenvalue weighted by molar-refractivity contribution is 5.93. The van der Waals surface area contributed by atoms with Crippen molar-refractivity contribution in [3.05, 3.63) is 36.6 Å². The quantitative estimate of drug-likeness (QED) is 0.677. The fraction of sp³-hybridized carbons (Fsp3) is 0.450. The summed E-state index contributed by atoms with van der Waals surface area (Å²) in [6.07, 6.45) is 1.27. The monoisotopic (exact) mass is 345 g/mol. The number of amides is 1. The normalized spacial score (nSPS) is 11.0. The topological polar surface area (TPSA) is 67.6 Å². The maximum atomic E-state index is 12.2. The van der Waals surface area contributed by atoms with Gasteiger partial charge in [0.1, 0.15) is 5.60 Å². The van der Waals surface area contributed by atoms with Crippen molar-refractivity contribution in [2.45, 2.75) is 53.1 Å². The van der Waals surface area contributed by atoms with Crippen molar-refractivity contribution in [2.24, 2.45) is 0 Å². The Bertz CT molecular complexity index is 672. The third kappa shape index (κ3) is 5.85. The standard InChI is InChI=1S/C20H31N3O2/c1-9-10-14(4)15-11-18(23(8)13(2)3)16(21)12-17(15)22-19(24)25-20(5,6)7/h11-12H,2,4,9-10,21H2,1,3,5-8H3,(H,22,24). The van der Waals surface area contributed by atoms with E-state index in [4.69, 9.17) is 10.5 Å². The van der Waals surface area contributed by atoms with Crippen LogP contribution in [0.2, 0.25) is 0 Å². The molecule has 138 valence electrons. The lowest BCUT2D eigenvalue weighted by molar-refractivity contribution is 0.0636. The van der Waals surface area contributed by atoms with Gasteiger partial charge >= 0.3 is 6.09 Å². The van der Waals surface area contributed by atoms with Gasteiger partial charge in [0.2, 0.25) is 0 Å². The van der Waals surface area contributed by atoms with Crippen LogP contribution in [-0.2, 0) is 4.74 Å². The van der Waals surface area contributed by atoms with Crippen LogP contribution in [0.3, 0.4) is 0 Å². The van der Waals surface area contributed by atoms with Crippen LogP contribution in [0.4, 0.5) is 21.9 Å². The molecular formula is C20H31N3O2. The van der Waals surface area contributed by atoms with Crippen molar-refractivity contribution >= 4 is 28.7 Å². The Kier molecular flexibility index (Phi) is 6.68. The third-order valence-corrected chi connectivity index (χ3v) is 3.67. The number of allylic oxidation sites excluding steroid dienone is 2.